The normalized spacial score (nSPS) is 24.5. The van der Waals surface area contributed by atoms with Crippen molar-refractivity contribution in [3.63, 3.8) is 0 Å². The van der Waals surface area contributed by atoms with Gasteiger partial charge in [0.05, 0.1) is 6.54 Å². The maximum absolute atomic E-state index is 4.17. The molecule has 0 atom stereocenters. The van der Waals surface area contributed by atoms with Crippen LogP contribution in [0.1, 0.15) is 13.8 Å². The number of hydrogen-bond acceptors (Lipinski definition) is 1. The lowest BCUT2D eigenvalue weighted by molar-refractivity contribution is 1.23. The summed E-state index contributed by atoms with van der Waals surface area (Å²) in [5, 5.41) is 0. The van der Waals surface area contributed by atoms with Gasteiger partial charge in [0.25, 0.3) is 0 Å². The summed E-state index contributed by atoms with van der Waals surface area (Å²) in [4.78, 5) is 4.17. The number of rotatable bonds is 1. The summed E-state index contributed by atoms with van der Waals surface area (Å²) < 4.78 is 0. The van der Waals surface area contributed by atoms with Crippen LogP contribution in [-0.2, 0) is 0 Å². The minimum Gasteiger partial charge on any atom is -0.288 e. The minimum absolute atomic E-state index is 0.837. The SMILES string of the molecule is C\C=C/C=C1/CN=C/C1=C/C. The fourth-order valence-electron chi connectivity index (χ4n) is 1.04. The highest BCUT2D eigenvalue weighted by Crippen LogP contribution is 2.14. The van der Waals surface area contributed by atoms with E-state index in [0.717, 1.165) is 6.54 Å². The Bertz CT molecular complexity index is 242. The lowest BCUT2D eigenvalue weighted by Gasteiger charge is -1.93. The highest BCUT2D eigenvalue weighted by molar-refractivity contribution is 5.88. The Morgan fingerprint density at radius 1 is 1.45 bits per heavy atom. The molecule has 58 valence electrons. The van der Waals surface area contributed by atoms with Crippen LogP contribution < -0.4 is 0 Å². The van der Waals surface area contributed by atoms with Crippen molar-refractivity contribution in [1.82, 2.24) is 0 Å². The highest BCUT2D eigenvalue weighted by Gasteiger charge is 2.04. The Morgan fingerprint density at radius 2 is 2.27 bits per heavy atom. The quantitative estimate of drug-likeness (QED) is 0.540. The molecule has 0 bridgehead atoms. The fourth-order valence-corrected chi connectivity index (χ4v) is 1.04. The van der Waals surface area contributed by atoms with E-state index in [4.69, 9.17) is 0 Å². The van der Waals surface area contributed by atoms with Gasteiger partial charge >= 0.3 is 0 Å². The monoisotopic (exact) mass is 147 g/mol. The van der Waals surface area contributed by atoms with Gasteiger partial charge in [-0.15, -0.1) is 0 Å². The second kappa shape index (κ2) is 3.91. The zero-order valence-electron chi connectivity index (χ0n) is 7.04. The van der Waals surface area contributed by atoms with Gasteiger partial charge in [0.2, 0.25) is 0 Å². The van der Waals surface area contributed by atoms with Gasteiger partial charge in [-0.1, -0.05) is 24.3 Å². The number of allylic oxidation sites excluding steroid dienone is 4. The first-order chi connectivity index (χ1) is 5.38. The first-order valence-electron chi connectivity index (χ1n) is 3.87. The summed E-state index contributed by atoms with van der Waals surface area (Å²) in [6.07, 6.45) is 10.2. The minimum atomic E-state index is 0.837. The van der Waals surface area contributed by atoms with Gasteiger partial charge in [-0.2, -0.15) is 0 Å². The Balaban J connectivity index is 2.76. The van der Waals surface area contributed by atoms with E-state index in [1.54, 1.807) is 0 Å². The highest BCUT2D eigenvalue weighted by atomic mass is 14.7. The summed E-state index contributed by atoms with van der Waals surface area (Å²) in [5.74, 6) is 0. The van der Waals surface area contributed by atoms with Crippen LogP contribution >= 0.6 is 0 Å². The molecule has 0 aliphatic carbocycles. The van der Waals surface area contributed by atoms with E-state index in [2.05, 4.69) is 17.1 Å². The van der Waals surface area contributed by atoms with Crippen molar-refractivity contribution in [2.75, 3.05) is 6.54 Å². The molecular formula is C10H13N. The van der Waals surface area contributed by atoms with Crippen LogP contribution in [0.3, 0.4) is 0 Å². The Hall–Kier alpha value is -1.11. The number of hydrogen-bond donors (Lipinski definition) is 0. The van der Waals surface area contributed by atoms with Crippen LogP contribution in [-0.4, -0.2) is 12.8 Å². The standard InChI is InChI=1S/C10H13N/c1-3-5-6-10-8-11-7-9(10)4-2/h3-7H,8H2,1-2H3/b5-3-,9-4-,10-6-. The molecule has 0 unspecified atom stereocenters. The van der Waals surface area contributed by atoms with Gasteiger partial charge in [-0.05, 0) is 25.0 Å². The third kappa shape index (κ3) is 1.90. The number of nitrogens with zero attached hydrogens (tertiary/aromatic N) is 1. The number of aliphatic imine (C=N–C) groups is 1. The van der Waals surface area contributed by atoms with E-state index in [1.807, 2.05) is 32.2 Å². The van der Waals surface area contributed by atoms with Crippen LogP contribution in [0.25, 0.3) is 0 Å². The summed E-state index contributed by atoms with van der Waals surface area (Å²) in [5.41, 5.74) is 2.56. The second-order valence-corrected chi connectivity index (χ2v) is 2.43. The molecule has 0 radical (unpaired) electrons. The maximum Gasteiger partial charge on any atom is 0.0646 e. The van der Waals surface area contributed by atoms with E-state index >= 15 is 0 Å². The molecule has 0 aromatic carbocycles. The molecule has 0 fully saturated rings. The molecule has 1 heterocycles. The van der Waals surface area contributed by atoms with E-state index in [-0.39, 0.29) is 0 Å². The molecule has 11 heavy (non-hydrogen) atoms. The van der Waals surface area contributed by atoms with Gasteiger partial charge in [0.15, 0.2) is 0 Å². The van der Waals surface area contributed by atoms with Gasteiger partial charge in [0, 0.05) is 6.21 Å². The van der Waals surface area contributed by atoms with Gasteiger partial charge in [-0.3, -0.25) is 4.99 Å². The van der Waals surface area contributed by atoms with Crippen LogP contribution in [0.5, 0.6) is 0 Å². The van der Waals surface area contributed by atoms with Crippen molar-refractivity contribution in [3.05, 3.63) is 35.5 Å². The van der Waals surface area contributed by atoms with Crippen molar-refractivity contribution >= 4 is 6.21 Å². The molecule has 0 saturated carbocycles. The Labute approximate surface area is 67.8 Å². The zero-order valence-corrected chi connectivity index (χ0v) is 7.04. The molecule has 1 aliphatic rings. The molecule has 0 saturated heterocycles. The predicted molar refractivity (Wildman–Crippen MR) is 50.0 cm³/mol. The van der Waals surface area contributed by atoms with E-state index < -0.39 is 0 Å². The summed E-state index contributed by atoms with van der Waals surface area (Å²) >= 11 is 0. The van der Waals surface area contributed by atoms with Crippen molar-refractivity contribution in [2.24, 2.45) is 4.99 Å². The van der Waals surface area contributed by atoms with Crippen LogP contribution in [0, 0.1) is 0 Å². The molecule has 0 aromatic rings. The molecule has 1 heteroatoms. The van der Waals surface area contributed by atoms with Crippen LogP contribution in [0.2, 0.25) is 0 Å². The Kier molecular flexibility index (Phi) is 2.84. The van der Waals surface area contributed by atoms with Crippen molar-refractivity contribution in [1.29, 1.82) is 0 Å². The van der Waals surface area contributed by atoms with E-state index in [1.165, 1.54) is 11.1 Å². The third-order valence-electron chi connectivity index (χ3n) is 1.66. The predicted octanol–water partition coefficient (Wildman–Crippen LogP) is 2.52. The largest absolute Gasteiger partial charge is 0.288 e. The van der Waals surface area contributed by atoms with Crippen molar-refractivity contribution in [3.8, 4) is 0 Å². The Morgan fingerprint density at radius 3 is 2.91 bits per heavy atom. The van der Waals surface area contributed by atoms with Crippen LogP contribution in [0.4, 0.5) is 0 Å². The topological polar surface area (TPSA) is 12.4 Å². The molecular weight excluding hydrogens is 134 g/mol. The first-order valence-corrected chi connectivity index (χ1v) is 3.87. The molecule has 0 aromatic heterocycles. The van der Waals surface area contributed by atoms with Gasteiger partial charge in [0.1, 0.15) is 0 Å². The first kappa shape index (κ1) is 7.99. The molecule has 1 rings (SSSR count). The second-order valence-electron chi connectivity index (χ2n) is 2.43. The molecule has 0 N–H and O–H groups in total. The molecule has 1 nitrogen and oxygen atoms in total. The summed E-state index contributed by atoms with van der Waals surface area (Å²) in [6, 6.07) is 0. The average Bonchev–Trinajstić information content (AvgIpc) is 2.47. The smallest absolute Gasteiger partial charge is 0.0646 e. The van der Waals surface area contributed by atoms with E-state index in [9.17, 15) is 0 Å². The van der Waals surface area contributed by atoms with Crippen molar-refractivity contribution < 1.29 is 0 Å². The molecule has 0 amide bonds. The van der Waals surface area contributed by atoms with E-state index in [0.29, 0.717) is 0 Å². The lowest BCUT2D eigenvalue weighted by Crippen LogP contribution is -1.83. The maximum atomic E-state index is 4.17. The molecule has 0 spiro atoms. The summed E-state index contributed by atoms with van der Waals surface area (Å²) in [7, 11) is 0. The third-order valence-corrected chi connectivity index (χ3v) is 1.66. The summed E-state index contributed by atoms with van der Waals surface area (Å²) in [6.45, 7) is 4.89. The van der Waals surface area contributed by atoms with Gasteiger partial charge in [-0.25, -0.2) is 0 Å². The lowest BCUT2D eigenvalue weighted by atomic mass is 10.1. The average molecular weight is 147 g/mol. The van der Waals surface area contributed by atoms with Gasteiger partial charge < -0.3 is 0 Å². The van der Waals surface area contributed by atoms with Crippen molar-refractivity contribution in [2.45, 2.75) is 13.8 Å². The van der Waals surface area contributed by atoms with Crippen LogP contribution in [0.15, 0.2) is 40.4 Å². The molecule has 1 aliphatic heterocycles. The fraction of sp³-hybridized carbons (Fsp3) is 0.300. The zero-order chi connectivity index (χ0) is 8.10.